The van der Waals surface area contributed by atoms with Crippen molar-refractivity contribution < 1.29 is 53.6 Å². The monoisotopic (exact) mass is 852 g/mol. The van der Waals surface area contributed by atoms with Gasteiger partial charge in [0.25, 0.3) is 0 Å². The van der Waals surface area contributed by atoms with Crippen molar-refractivity contribution in [3.05, 3.63) is 35.9 Å². The van der Waals surface area contributed by atoms with Crippen LogP contribution in [0.4, 0.5) is 0 Å². The van der Waals surface area contributed by atoms with Crippen LogP contribution in [0, 0.1) is 23.2 Å². The van der Waals surface area contributed by atoms with Crippen LogP contribution in [0.25, 0.3) is 0 Å². The standard InChI is InChI=1S/C46H81N3O11/c1-15-35-45(11,53)39(51)27(2)24-48-28(3)22-43(8,9)40(60-42-37(50)34(49(12)13)21-29(4)56-42)30(5)38(31(6)41(52)58-35)59-36-23-44(10,55-14)46(54,32(7)57-36)26-47-25-33-19-17-16-18-20-33/h16-20,27-32,34-40,42,47-48,50-51,53-54H,15,21-26H2,1-14H3/t27-,28+,29+,30-,31+,32-,34-,35+,36+,37+,38+,39+,40+,42-,44-,45+,46+/m0/s1. The summed E-state index contributed by atoms with van der Waals surface area (Å²) in [6, 6.07) is 9.66. The molecule has 3 fully saturated rings. The zero-order chi connectivity index (χ0) is 45.0. The maximum Gasteiger partial charge on any atom is 0.311 e. The van der Waals surface area contributed by atoms with Gasteiger partial charge < -0.3 is 64.4 Å². The number of carbonyl (C=O) groups excluding carboxylic acids is 1. The maximum atomic E-state index is 14.5. The molecule has 6 N–H and O–H groups in total. The van der Waals surface area contributed by atoms with Crippen molar-refractivity contribution in [2.45, 2.75) is 193 Å². The lowest BCUT2D eigenvalue weighted by Gasteiger charge is -2.54. The van der Waals surface area contributed by atoms with Gasteiger partial charge in [0.1, 0.15) is 29.0 Å². The van der Waals surface area contributed by atoms with Crippen LogP contribution in [0.5, 0.6) is 0 Å². The zero-order valence-corrected chi connectivity index (χ0v) is 39.0. The third-order valence-corrected chi connectivity index (χ3v) is 14.1. The van der Waals surface area contributed by atoms with Gasteiger partial charge in [-0.3, -0.25) is 4.79 Å². The molecule has 0 aliphatic carbocycles. The SMILES string of the molecule is CC[C@H]1OC(=O)[C@H](C)[C@H](O[C@@H]2C[C@](C)(OC)[C@@](O)(CNCc3ccccc3)[C@H](C)O2)[C@H](C)[C@@H](O[C@@H]2O[C@H](C)C[C@H](N(C)C)[C@H]2O)C(C)(C)C[C@@H](C)NC[C@H](C)[C@@H](O)[C@]1(C)O. The van der Waals surface area contributed by atoms with E-state index < -0.39 is 89.2 Å². The van der Waals surface area contributed by atoms with Gasteiger partial charge in [-0.25, -0.2) is 0 Å². The Labute approximate surface area is 360 Å². The van der Waals surface area contributed by atoms with E-state index in [9.17, 15) is 25.2 Å². The topological polar surface area (TPSA) is 181 Å². The molecule has 0 aromatic heterocycles. The number of aliphatic hydroxyl groups excluding tert-OH is 2. The van der Waals surface area contributed by atoms with Crippen molar-refractivity contribution in [2.75, 3.05) is 34.3 Å². The molecular weight excluding hydrogens is 771 g/mol. The number of likely N-dealkylation sites (N-methyl/N-ethyl adjacent to an activating group) is 1. The molecule has 0 amide bonds. The maximum absolute atomic E-state index is 14.5. The highest BCUT2D eigenvalue weighted by molar-refractivity contribution is 5.73. The Morgan fingerprint density at radius 2 is 1.60 bits per heavy atom. The van der Waals surface area contributed by atoms with Crippen LogP contribution in [-0.2, 0) is 39.8 Å². The van der Waals surface area contributed by atoms with Crippen LogP contribution in [0.2, 0.25) is 0 Å². The number of ether oxygens (including phenoxy) is 6. The van der Waals surface area contributed by atoms with Gasteiger partial charge in [-0.05, 0) is 91.8 Å². The fourth-order valence-corrected chi connectivity index (χ4v) is 10.1. The molecule has 1 aromatic rings. The predicted molar refractivity (Wildman–Crippen MR) is 230 cm³/mol. The molecule has 3 aliphatic heterocycles. The van der Waals surface area contributed by atoms with E-state index >= 15 is 0 Å². The van der Waals surface area contributed by atoms with Gasteiger partial charge in [0.05, 0.1) is 36.4 Å². The minimum atomic E-state index is -1.75. The molecule has 0 unspecified atom stereocenters. The molecule has 14 heteroatoms. The van der Waals surface area contributed by atoms with Gasteiger partial charge in [-0.1, -0.05) is 65.0 Å². The first-order chi connectivity index (χ1) is 27.9. The van der Waals surface area contributed by atoms with E-state index in [0.717, 1.165) is 5.56 Å². The summed E-state index contributed by atoms with van der Waals surface area (Å²) in [5, 5.41) is 54.2. The minimum Gasteiger partial charge on any atom is -0.459 e. The van der Waals surface area contributed by atoms with Gasteiger partial charge in [0, 0.05) is 51.2 Å². The first kappa shape index (κ1) is 50.9. The summed E-state index contributed by atoms with van der Waals surface area (Å²) < 4.78 is 39.2. The lowest BCUT2D eigenvalue weighted by Crippen LogP contribution is -2.70. The third-order valence-electron chi connectivity index (χ3n) is 14.1. The van der Waals surface area contributed by atoms with Crippen molar-refractivity contribution in [2.24, 2.45) is 23.2 Å². The largest absolute Gasteiger partial charge is 0.459 e. The molecule has 3 saturated heterocycles. The van der Waals surface area contributed by atoms with Crippen LogP contribution in [0.1, 0.15) is 107 Å². The highest BCUT2D eigenvalue weighted by atomic mass is 16.7. The van der Waals surface area contributed by atoms with Crippen molar-refractivity contribution in [1.82, 2.24) is 15.5 Å². The summed E-state index contributed by atoms with van der Waals surface area (Å²) in [6.07, 6.45) is -6.00. The number of carbonyl (C=O) groups is 1. The van der Waals surface area contributed by atoms with Crippen LogP contribution in [-0.4, -0.2) is 150 Å². The lowest BCUT2D eigenvalue weighted by molar-refractivity contribution is -0.334. The fourth-order valence-electron chi connectivity index (χ4n) is 10.1. The summed E-state index contributed by atoms with van der Waals surface area (Å²) in [5.74, 6) is -2.48. The summed E-state index contributed by atoms with van der Waals surface area (Å²) >= 11 is 0. The Bertz CT molecular complexity index is 1490. The Morgan fingerprint density at radius 1 is 0.950 bits per heavy atom. The summed E-state index contributed by atoms with van der Waals surface area (Å²) in [5.41, 5.74) is -3.89. The third kappa shape index (κ3) is 11.5. The average molecular weight is 852 g/mol. The molecule has 0 bridgehead atoms. The fraction of sp³-hybridized carbons (Fsp3) is 0.848. The number of rotatable bonds is 11. The number of nitrogens with zero attached hydrogens (tertiary/aromatic N) is 1. The first-order valence-corrected chi connectivity index (χ1v) is 22.2. The van der Waals surface area contributed by atoms with E-state index in [2.05, 4.69) is 31.4 Å². The highest BCUT2D eigenvalue weighted by Gasteiger charge is 2.58. The van der Waals surface area contributed by atoms with Crippen molar-refractivity contribution >= 4 is 5.97 Å². The van der Waals surface area contributed by atoms with Crippen LogP contribution in [0.3, 0.4) is 0 Å². The molecule has 0 radical (unpaired) electrons. The quantitative estimate of drug-likeness (QED) is 0.176. The summed E-state index contributed by atoms with van der Waals surface area (Å²) in [4.78, 5) is 16.5. The Morgan fingerprint density at radius 3 is 2.20 bits per heavy atom. The van der Waals surface area contributed by atoms with Crippen LogP contribution in [0.15, 0.2) is 30.3 Å². The van der Waals surface area contributed by atoms with E-state index in [1.54, 1.807) is 21.0 Å². The Kier molecular flexibility index (Phi) is 17.6. The first-order valence-electron chi connectivity index (χ1n) is 22.2. The minimum absolute atomic E-state index is 0.0663. The number of esters is 1. The predicted octanol–water partition coefficient (Wildman–Crippen LogP) is 3.99. The summed E-state index contributed by atoms with van der Waals surface area (Å²) in [6.45, 7) is 21.9. The molecule has 346 valence electrons. The van der Waals surface area contributed by atoms with E-state index in [4.69, 9.17) is 28.4 Å². The Hall–Kier alpha value is -1.79. The average Bonchev–Trinajstić information content (AvgIpc) is 3.19. The molecule has 17 atom stereocenters. The van der Waals surface area contributed by atoms with Gasteiger partial charge in [0.15, 0.2) is 12.6 Å². The molecular formula is C46H81N3O11. The van der Waals surface area contributed by atoms with E-state index in [1.807, 2.05) is 83.9 Å². The molecule has 4 rings (SSSR count). The number of cyclic esters (lactones) is 1. The van der Waals surface area contributed by atoms with Gasteiger partial charge in [0.2, 0.25) is 0 Å². The number of benzene rings is 1. The van der Waals surface area contributed by atoms with Crippen molar-refractivity contribution in [3.8, 4) is 0 Å². The molecule has 0 saturated carbocycles. The number of hydrogen-bond acceptors (Lipinski definition) is 14. The highest BCUT2D eigenvalue weighted by Crippen LogP contribution is 2.44. The van der Waals surface area contributed by atoms with Crippen molar-refractivity contribution in [1.29, 1.82) is 0 Å². The second-order valence-corrected chi connectivity index (χ2v) is 19.7. The van der Waals surface area contributed by atoms with Crippen LogP contribution >= 0.6 is 0 Å². The molecule has 1 aromatic carbocycles. The number of nitrogens with one attached hydrogen (secondary N) is 2. The lowest BCUT2D eigenvalue weighted by atomic mass is 9.72. The Balaban J connectivity index is 1.76. The second kappa shape index (κ2) is 20.8. The normalized spacial score (nSPS) is 43.8. The van der Waals surface area contributed by atoms with Gasteiger partial charge in [-0.15, -0.1) is 0 Å². The number of aliphatic hydroxyl groups is 4. The molecule has 3 aliphatic rings. The molecule has 14 nitrogen and oxygen atoms in total. The van der Waals surface area contributed by atoms with E-state index in [-0.39, 0.29) is 43.5 Å². The molecule has 3 heterocycles. The van der Waals surface area contributed by atoms with Crippen molar-refractivity contribution in [3.63, 3.8) is 0 Å². The van der Waals surface area contributed by atoms with E-state index in [0.29, 0.717) is 25.9 Å². The number of hydrogen-bond donors (Lipinski definition) is 6. The molecule has 60 heavy (non-hydrogen) atoms. The number of methoxy groups -OCH3 is 1. The smallest absolute Gasteiger partial charge is 0.311 e. The van der Waals surface area contributed by atoms with E-state index in [1.165, 1.54) is 6.92 Å². The van der Waals surface area contributed by atoms with Gasteiger partial charge in [-0.2, -0.15) is 0 Å². The second-order valence-electron chi connectivity index (χ2n) is 19.7. The summed E-state index contributed by atoms with van der Waals surface area (Å²) in [7, 11) is 5.43. The molecule has 0 spiro atoms. The van der Waals surface area contributed by atoms with Crippen LogP contribution < -0.4 is 10.6 Å². The van der Waals surface area contributed by atoms with Gasteiger partial charge >= 0.3 is 5.97 Å². The zero-order valence-electron chi connectivity index (χ0n) is 39.0.